The van der Waals surface area contributed by atoms with Gasteiger partial charge in [0.2, 0.25) is 0 Å². The van der Waals surface area contributed by atoms with E-state index in [1.165, 1.54) is 5.56 Å². The summed E-state index contributed by atoms with van der Waals surface area (Å²) in [5.41, 5.74) is 2.50. The van der Waals surface area contributed by atoms with Gasteiger partial charge in [-0.15, -0.1) is 0 Å². The molecule has 0 aliphatic carbocycles. The Balaban J connectivity index is 1.23. The molecule has 4 rings (SSSR count). The van der Waals surface area contributed by atoms with E-state index in [-0.39, 0.29) is 6.61 Å². The number of nitrogens with zero attached hydrogens (tertiary/aromatic N) is 3. The molecular formula is C27H34ClN3O3. The van der Waals surface area contributed by atoms with Crippen LogP contribution in [0.4, 0.5) is 0 Å². The number of aliphatic hydroxyl groups is 1. The number of halogens is 1. The summed E-state index contributed by atoms with van der Waals surface area (Å²) in [5.74, 6) is 1.50. The van der Waals surface area contributed by atoms with Crippen LogP contribution in [0.1, 0.15) is 36.1 Å². The SMILES string of the molecule is Cc1ccc(Cl)c(OC[C@@]2(O)CCCN(Cc3ccc(OCCn4ccc(C)n4)cc3)CC2)c1. The van der Waals surface area contributed by atoms with Gasteiger partial charge in [-0.05, 0) is 81.1 Å². The van der Waals surface area contributed by atoms with E-state index in [0.717, 1.165) is 56.0 Å². The molecule has 3 aromatic rings. The lowest BCUT2D eigenvalue weighted by atomic mass is 9.96. The summed E-state index contributed by atoms with van der Waals surface area (Å²) in [4.78, 5) is 2.40. The molecule has 2 heterocycles. The molecule has 0 unspecified atom stereocenters. The summed E-state index contributed by atoms with van der Waals surface area (Å²) < 4.78 is 13.7. The second-order valence-electron chi connectivity index (χ2n) is 9.29. The van der Waals surface area contributed by atoms with Crippen molar-refractivity contribution in [2.24, 2.45) is 0 Å². The van der Waals surface area contributed by atoms with Crippen molar-refractivity contribution in [1.29, 1.82) is 0 Å². The quantitative estimate of drug-likeness (QED) is 0.462. The highest BCUT2D eigenvalue weighted by molar-refractivity contribution is 6.32. The predicted octanol–water partition coefficient (Wildman–Crippen LogP) is 5.03. The normalized spacial score (nSPS) is 19.1. The fourth-order valence-electron chi connectivity index (χ4n) is 4.26. The number of likely N-dealkylation sites (tertiary alicyclic amines) is 1. The summed E-state index contributed by atoms with van der Waals surface area (Å²) in [6.07, 6.45) is 4.28. The molecule has 0 radical (unpaired) electrons. The predicted molar refractivity (Wildman–Crippen MR) is 135 cm³/mol. The van der Waals surface area contributed by atoms with E-state index in [1.807, 2.05) is 61.1 Å². The molecule has 0 bridgehead atoms. The Labute approximate surface area is 207 Å². The lowest BCUT2D eigenvalue weighted by Gasteiger charge is -2.27. The van der Waals surface area contributed by atoms with Gasteiger partial charge in [-0.1, -0.05) is 29.8 Å². The molecule has 0 spiro atoms. The third-order valence-electron chi connectivity index (χ3n) is 6.29. The molecule has 0 amide bonds. The number of rotatable bonds is 9. The first kappa shape index (κ1) is 24.6. The summed E-state index contributed by atoms with van der Waals surface area (Å²) in [5, 5.41) is 16.1. The smallest absolute Gasteiger partial charge is 0.138 e. The van der Waals surface area contributed by atoms with Crippen LogP contribution in [-0.4, -0.2) is 51.7 Å². The fraction of sp³-hybridized carbons (Fsp3) is 0.444. The molecule has 1 atom stereocenters. The summed E-state index contributed by atoms with van der Waals surface area (Å²) in [6, 6.07) is 16.0. The number of hydrogen-bond donors (Lipinski definition) is 1. The molecule has 7 heteroatoms. The highest BCUT2D eigenvalue weighted by Crippen LogP contribution is 2.29. The maximum absolute atomic E-state index is 11.1. The third-order valence-corrected chi connectivity index (χ3v) is 6.60. The van der Waals surface area contributed by atoms with Crippen LogP contribution in [-0.2, 0) is 13.1 Å². The topological polar surface area (TPSA) is 59.8 Å². The van der Waals surface area contributed by atoms with Crippen LogP contribution in [0, 0.1) is 13.8 Å². The fourth-order valence-corrected chi connectivity index (χ4v) is 4.44. The average molecular weight is 484 g/mol. The summed E-state index contributed by atoms with van der Waals surface area (Å²) in [7, 11) is 0. The van der Waals surface area contributed by atoms with E-state index in [4.69, 9.17) is 21.1 Å². The Hall–Kier alpha value is -2.54. The first-order chi connectivity index (χ1) is 16.4. The van der Waals surface area contributed by atoms with E-state index in [0.29, 0.717) is 23.8 Å². The van der Waals surface area contributed by atoms with Gasteiger partial charge in [-0.3, -0.25) is 9.58 Å². The van der Waals surface area contributed by atoms with Crippen molar-refractivity contribution in [2.45, 2.75) is 51.8 Å². The molecule has 1 aromatic heterocycles. The van der Waals surface area contributed by atoms with E-state index >= 15 is 0 Å². The average Bonchev–Trinajstić information content (AvgIpc) is 3.14. The van der Waals surface area contributed by atoms with Crippen LogP contribution in [0.15, 0.2) is 54.7 Å². The van der Waals surface area contributed by atoms with Crippen LogP contribution in [0.2, 0.25) is 5.02 Å². The molecular weight excluding hydrogens is 450 g/mol. The van der Waals surface area contributed by atoms with Gasteiger partial charge in [0.15, 0.2) is 0 Å². The Morgan fingerprint density at radius 2 is 1.85 bits per heavy atom. The molecule has 34 heavy (non-hydrogen) atoms. The number of hydrogen-bond acceptors (Lipinski definition) is 5. The Bertz CT molecular complexity index is 1070. The van der Waals surface area contributed by atoms with Crippen LogP contribution >= 0.6 is 11.6 Å². The van der Waals surface area contributed by atoms with Crippen LogP contribution in [0.3, 0.4) is 0 Å². The van der Waals surface area contributed by atoms with Crippen molar-refractivity contribution in [3.8, 4) is 11.5 Å². The molecule has 1 saturated heterocycles. The van der Waals surface area contributed by atoms with Crippen molar-refractivity contribution in [3.05, 3.63) is 76.6 Å². The van der Waals surface area contributed by atoms with E-state index < -0.39 is 5.60 Å². The zero-order chi connectivity index (χ0) is 24.0. The second kappa shape index (κ2) is 11.3. The van der Waals surface area contributed by atoms with Gasteiger partial charge in [0, 0.05) is 19.3 Å². The van der Waals surface area contributed by atoms with Crippen LogP contribution < -0.4 is 9.47 Å². The first-order valence-corrected chi connectivity index (χ1v) is 12.3. The zero-order valence-corrected chi connectivity index (χ0v) is 20.8. The third kappa shape index (κ3) is 6.98. The Kier molecular flexibility index (Phi) is 8.14. The van der Waals surface area contributed by atoms with Gasteiger partial charge >= 0.3 is 0 Å². The number of aromatic nitrogens is 2. The number of ether oxygens (including phenoxy) is 2. The maximum atomic E-state index is 11.1. The van der Waals surface area contributed by atoms with Crippen molar-refractivity contribution in [2.75, 3.05) is 26.3 Å². The Morgan fingerprint density at radius 3 is 2.62 bits per heavy atom. The van der Waals surface area contributed by atoms with Crippen LogP contribution in [0.25, 0.3) is 0 Å². The lowest BCUT2D eigenvalue weighted by molar-refractivity contribution is -0.0168. The largest absolute Gasteiger partial charge is 0.492 e. The molecule has 182 valence electrons. The van der Waals surface area contributed by atoms with Crippen molar-refractivity contribution < 1.29 is 14.6 Å². The molecule has 1 N–H and O–H groups in total. The van der Waals surface area contributed by atoms with E-state index in [2.05, 4.69) is 22.1 Å². The Morgan fingerprint density at radius 1 is 1.03 bits per heavy atom. The van der Waals surface area contributed by atoms with E-state index in [1.54, 1.807) is 0 Å². The molecule has 1 aliphatic rings. The van der Waals surface area contributed by atoms with Crippen molar-refractivity contribution in [1.82, 2.24) is 14.7 Å². The second-order valence-corrected chi connectivity index (χ2v) is 9.70. The van der Waals surface area contributed by atoms with Gasteiger partial charge in [0.1, 0.15) is 24.7 Å². The molecule has 1 fully saturated rings. The monoisotopic (exact) mass is 483 g/mol. The number of aryl methyl sites for hydroxylation is 2. The number of benzene rings is 2. The molecule has 1 aliphatic heterocycles. The van der Waals surface area contributed by atoms with Crippen molar-refractivity contribution >= 4 is 11.6 Å². The zero-order valence-electron chi connectivity index (χ0n) is 20.0. The van der Waals surface area contributed by atoms with Gasteiger partial charge in [-0.2, -0.15) is 5.10 Å². The van der Waals surface area contributed by atoms with Crippen molar-refractivity contribution in [3.63, 3.8) is 0 Å². The highest BCUT2D eigenvalue weighted by Gasteiger charge is 2.31. The lowest BCUT2D eigenvalue weighted by Crippen LogP contribution is -2.37. The summed E-state index contributed by atoms with van der Waals surface area (Å²) in [6.45, 7) is 8.19. The molecule has 0 saturated carbocycles. The van der Waals surface area contributed by atoms with E-state index in [9.17, 15) is 5.11 Å². The van der Waals surface area contributed by atoms with Crippen LogP contribution in [0.5, 0.6) is 11.5 Å². The minimum absolute atomic E-state index is 0.258. The standard InChI is InChI=1S/C27H34ClN3O3/c1-21-4-9-25(28)26(18-21)34-20-27(32)11-3-13-30(15-12-27)19-23-5-7-24(8-6-23)33-17-16-31-14-10-22(2)29-31/h4-10,14,18,32H,3,11-13,15-17,19-20H2,1-2H3/t27-/m1/s1. The van der Waals surface area contributed by atoms with Gasteiger partial charge in [0.05, 0.1) is 22.9 Å². The van der Waals surface area contributed by atoms with Gasteiger partial charge in [-0.25, -0.2) is 0 Å². The minimum atomic E-state index is -0.841. The van der Waals surface area contributed by atoms with Gasteiger partial charge in [0.25, 0.3) is 0 Å². The minimum Gasteiger partial charge on any atom is -0.492 e. The summed E-state index contributed by atoms with van der Waals surface area (Å²) >= 11 is 6.25. The molecule has 6 nitrogen and oxygen atoms in total. The first-order valence-electron chi connectivity index (χ1n) is 11.9. The maximum Gasteiger partial charge on any atom is 0.138 e. The van der Waals surface area contributed by atoms with Gasteiger partial charge < -0.3 is 14.6 Å². The highest BCUT2D eigenvalue weighted by atomic mass is 35.5. The molecule has 2 aromatic carbocycles.